The Morgan fingerprint density at radius 1 is 1.11 bits per heavy atom. The average molecular weight is 256 g/mol. The van der Waals surface area contributed by atoms with E-state index in [1.807, 2.05) is 43.3 Å². The van der Waals surface area contributed by atoms with Gasteiger partial charge in [0.05, 0.1) is 6.10 Å². The van der Waals surface area contributed by atoms with Crippen molar-refractivity contribution < 1.29 is 4.74 Å². The van der Waals surface area contributed by atoms with Crippen molar-refractivity contribution in [1.82, 2.24) is 4.98 Å². The summed E-state index contributed by atoms with van der Waals surface area (Å²) >= 11 is 0. The van der Waals surface area contributed by atoms with Crippen LogP contribution in [0.25, 0.3) is 0 Å². The fourth-order valence-corrected chi connectivity index (χ4v) is 2.16. The Hall–Kier alpha value is -1.71. The number of hydrogen-bond acceptors (Lipinski definition) is 3. The first-order valence-electron chi connectivity index (χ1n) is 6.63. The summed E-state index contributed by atoms with van der Waals surface area (Å²) in [6.45, 7) is 2.64. The van der Waals surface area contributed by atoms with E-state index in [0.717, 1.165) is 11.3 Å². The van der Waals surface area contributed by atoms with E-state index in [1.165, 1.54) is 0 Å². The summed E-state index contributed by atoms with van der Waals surface area (Å²) in [6.07, 6.45) is 2.41. The van der Waals surface area contributed by atoms with Gasteiger partial charge in [-0.15, -0.1) is 0 Å². The van der Waals surface area contributed by atoms with Gasteiger partial charge in [-0.2, -0.15) is 0 Å². The van der Waals surface area contributed by atoms with Crippen LogP contribution in [0.2, 0.25) is 0 Å². The highest BCUT2D eigenvalue weighted by Gasteiger charge is 2.20. The quantitative estimate of drug-likeness (QED) is 0.864. The van der Waals surface area contributed by atoms with Gasteiger partial charge >= 0.3 is 0 Å². The number of rotatable bonds is 6. The van der Waals surface area contributed by atoms with Gasteiger partial charge in [-0.25, -0.2) is 0 Å². The minimum absolute atomic E-state index is 0.0896. The maximum Gasteiger partial charge on any atom is 0.0979 e. The van der Waals surface area contributed by atoms with E-state index >= 15 is 0 Å². The van der Waals surface area contributed by atoms with E-state index in [2.05, 4.69) is 17.1 Å². The van der Waals surface area contributed by atoms with Crippen LogP contribution in [0.4, 0.5) is 0 Å². The van der Waals surface area contributed by atoms with Crippen LogP contribution in [0, 0.1) is 0 Å². The van der Waals surface area contributed by atoms with E-state index in [4.69, 9.17) is 10.5 Å². The summed E-state index contributed by atoms with van der Waals surface area (Å²) in [5.41, 5.74) is 8.42. The number of benzene rings is 1. The lowest BCUT2D eigenvalue weighted by atomic mass is 9.99. The van der Waals surface area contributed by atoms with Gasteiger partial charge < -0.3 is 10.5 Å². The molecule has 3 nitrogen and oxygen atoms in total. The Labute approximate surface area is 114 Å². The minimum atomic E-state index is -0.0998. The van der Waals surface area contributed by atoms with Gasteiger partial charge in [0.1, 0.15) is 0 Å². The van der Waals surface area contributed by atoms with Crippen LogP contribution in [-0.4, -0.2) is 17.6 Å². The molecule has 0 aliphatic carbocycles. The third-order valence-electron chi connectivity index (χ3n) is 3.03. The maximum absolute atomic E-state index is 6.30. The molecular formula is C16H20N2O. The number of aromatic nitrogens is 1. The summed E-state index contributed by atoms with van der Waals surface area (Å²) < 4.78 is 5.81. The Morgan fingerprint density at radius 3 is 2.47 bits per heavy atom. The Balaban J connectivity index is 2.11. The zero-order valence-corrected chi connectivity index (χ0v) is 11.2. The largest absolute Gasteiger partial charge is 0.372 e. The fraction of sp³-hybridized carbons (Fsp3) is 0.312. The molecule has 19 heavy (non-hydrogen) atoms. The summed E-state index contributed by atoms with van der Waals surface area (Å²) in [7, 11) is 0. The molecule has 100 valence electrons. The smallest absolute Gasteiger partial charge is 0.0979 e. The topological polar surface area (TPSA) is 48.1 Å². The average Bonchev–Trinajstić information content (AvgIpc) is 2.46. The Bertz CT molecular complexity index is 473. The molecule has 0 aliphatic heterocycles. The van der Waals surface area contributed by atoms with Gasteiger partial charge in [0.25, 0.3) is 0 Å². The number of nitrogens with zero attached hydrogens (tertiary/aromatic N) is 1. The summed E-state index contributed by atoms with van der Waals surface area (Å²) in [6, 6.07) is 15.9. The molecule has 0 fully saturated rings. The molecule has 2 rings (SSSR count). The van der Waals surface area contributed by atoms with Gasteiger partial charge in [-0.05, 0) is 24.6 Å². The van der Waals surface area contributed by atoms with E-state index in [-0.39, 0.29) is 12.1 Å². The monoisotopic (exact) mass is 256 g/mol. The minimum Gasteiger partial charge on any atom is -0.372 e. The maximum atomic E-state index is 6.30. The van der Waals surface area contributed by atoms with Crippen LogP contribution in [0.5, 0.6) is 0 Å². The molecule has 2 unspecified atom stereocenters. The molecule has 2 aromatic rings. The van der Waals surface area contributed by atoms with E-state index in [1.54, 1.807) is 6.20 Å². The van der Waals surface area contributed by atoms with Crippen molar-refractivity contribution in [2.45, 2.75) is 25.5 Å². The molecule has 0 bridgehead atoms. The first-order chi connectivity index (χ1) is 9.31. The highest BCUT2D eigenvalue weighted by molar-refractivity contribution is 5.20. The SMILES string of the molecule is CCOC(c1ccccc1)C(N)Cc1ccccn1. The van der Waals surface area contributed by atoms with Crippen molar-refractivity contribution in [3.8, 4) is 0 Å². The van der Waals surface area contributed by atoms with Crippen molar-refractivity contribution >= 4 is 0 Å². The third kappa shape index (κ3) is 3.88. The molecule has 2 atom stereocenters. The van der Waals surface area contributed by atoms with Crippen molar-refractivity contribution in [2.24, 2.45) is 5.73 Å². The van der Waals surface area contributed by atoms with Crippen LogP contribution >= 0.6 is 0 Å². The van der Waals surface area contributed by atoms with Crippen molar-refractivity contribution in [3.05, 3.63) is 66.0 Å². The zero-order chi connectivity index (χ0) is 13.5. The highest BCUT2D eigenvalue weighted by atomic mass is 16.5. The molecule has 0 spiro atoms. The van der Waals surface area contributed by atoms with E-state index < -0.39 is 0 Å². The second-order valence-corrected chi connectivity index (χ2v) is 4.48. The highest BCUT2D eigenvalue weighted by Crippen LogP contribution is 2.22. The van der Waals surface area contributed by atoms with Crippen LogP contribution in [0.15, 0.2) is 54.7 Å². The lowest BCUT2D eigenvalue weighted by Gasteiger charge is -2.24. The lowest BCUT2D eigenvalue weighted by molar-refractivity contribution is 0.0431. The fourth-order valence-electron chi connectivity index (χ4n) is 2.16. The lowest BCUT2D eigenvalue weighted by Crippen LogP contribution is -2.32. The van der Waals surface area contributed by atoms with Crippen LogP contribution in [-0.2, 0) is 11.2 Å². The zero-order valence-electron chi connectivity index (χ0n) is 11.2. The number of nitrogens with two attached hydrogens (primary N) is 1. The number of pyridine rings is 1. The van der Waals surface area contributed by atoms with Gasteiger partial charge in [-0.3, -0.25) is 4.98 Å². The first kappa shape index (κ1) is 13.7. The Morgan fingerprint density at radius 2 is 1.84 bits per heavy atom. The summed E-state index contributed by atoms with van der Waals surface area (Å²) in [5, 5.41) is 0. The van der Waals surface area contributed by atoms with Crippen LogP contribution in [0.1, 0.15) is 24.3 Å². The molecule has 0 radical (unpaired) electrons. The van der Waals surface area contributed by atoms with Gasteiger partial charge in [-0.1, -0.05) is 36.4 Å². The predicted molar refractivity (Wildman–Crippen MR) is 76.7 cm³/mol. The second kappa shape index (κ2) is 7.02. The third-order valence-corrected chi connectivity index (χ3v) is 3.03. The molecule has 0 amide bonds. The molecule has 1 aromatic heterocycles. The van der Waals surface area contributed by atoms with E-state index in [0.29, 0.717) is 13.0 Å². The van der Waals surface area contributed by atoms with E-state index in [9.17, 15) is 0 Å². The molecule has 3 heteroatoms. The normalized spacial score (nSPS) is 14.0. The molecular weight excluding hydrogens is 236 g/mol. The van der Waals surface area contributed by atoms with Crippen molar-refractivity contribution in [2.75, 3.05) is 6.61 Å². The standard InChI is InChI=1S/C16H20N2O/c1-2-19-16(13-8-4-3-5-9-13)15(17)12-14-10-6-7-11-18-14/h3-11,15-16H,2,12,17H2,1H3. The van der Waals surface area contributed by atoms with Crippen LogP contribution in [0.3, 0.4) is 0 Å². The number of ether oxygens (including phenoxy) is 1. The van der Waals surface area contributed by atoms with Gasteiger partial charge in [0, 0.05) is 31.0 Å². The molecule has 2 N–H and O–H groups in total. The first-order valence-corrected chi connectivity index (χ1v) is 6.63. The summed E-state index contributed by atoms with van der Waals surface area (Å²) in [5.74, 6) is 0. The Kier molecular flexibility index (Phi) is 5.07. The molecule has 1 heterocycles. The van der Waals surface area contributed by atoms with Crippen LogP contribution < -0.4 is 5.73 Å². The van der Waals surface area contributed by atoms with Gasteiger partial charge in [0.15, 0.2) is 0 Å². The molecule has 1 aromatic carbocycles. The second-order valence-electron chi connectivity index (χ2n) is 4.48. The number of hydrogen-bond donors (Lipinski definition) is 1. The summed E-state index contributed by atoms with van der Waals surface area (Å²) in [4.78, 5) is 4.32. The molecule has 0 saturated heterocycles. The van der Waals surface area contributed by atoms with Crippen molar-refractivity contribution in [1.29, 1.82) is 0 Å². The molecule has 0 saturated carbocycles. The molecule has 0 aliphatic rings. The predicted octanol–water partition coefficient (Wildman–Crippen LogP) is 2.73. The van der Waals surface area contributed by atoms with Gasteiger partial charge in [0.2, 0.25) is 0 Å². The van der Waals surface area contributed by atoms with Crippen molar-refractivity contribution in [3.63, 3.8) is 0 Å².